The fourth-order valence-corrected chi connectivity index (χ4v) is 1.92. The number of carbonyl (C=O) groups is 1. The second kappa shape index (κ2) is 6.11. The minimum absolute atomic E-state index is 0.307. The van der Waals surface area contributed by atoms with Crippen LogP contribution in [-0.4, -0.2) is 15.9 Å². The molecule has 3 aromatic rings. The summed E-state index contributed by atoms with van der Waals surface area (Å²) < 4.78 is 0. The van der Waals surface area contributed by atoms with Crippen molar-refractivity contribution in [3.05, 3.63) is 72.1 Å². The first-order chi connectivity index (χ1) is 10.3. The van der Waals surface area contributed by atoms with Crippen molar-refractivity contribution in [3.63, 3.8) is 0 Å². The van der Waals surface area contributed by atoms with E-state index < -0.39 is 0 Å². The maximum absolute atomic E-state index is 12.0. The van der Waals surface area contributed by atoms with Crippen molar-refractivity contribution in [1.29, 1.82) is 0 Å². The van der Waals surface area contributed by atoms with Gasteiger partial charge in [0.05, 0.1) is 17.6 Å². The first kappa shape index (κ1) is 13.2. The van der Waals surface area contributed by atoms with Gasteiger partial charge in [-0.15, -0.1) is 0 Å². The van der Waals surface area contributed by atoms with Gasteiger partial charge in [-0.2, -0.15) is 0 Å². The van der Waals surface area contributed by atoms with Crippen LogP contribution in [0, 0.1) is 0 Å². The number of fused-ring (bicyclic) bond motifs is 1. The predicted octanol–water partition coefficient (Wildman–Crippen LogP) is 2.49. The van der Waals surface area contributed by atoms with E-state index in [0.29, 0.717) is 17.7 Å². The van der Waals surface area contributed by atoms with Gasteiger partial charge in [0.2, 0.25) is 0 Å². The summed E-state index contributed by atoms with van der Waals surface area (Å²) in [5.74, 6) is -0.307. The van der Waals surface area contributed by atoms with Crippen LogP contribution in [0.25, 0.3) is 11.0 Å². The third-order valence-corrected chi connectivity index (χ3v) is 2.98. The molecule has 1 aromatic heterocycles. The summed E-state index contributed by atoms with van der Waals surface area (Å²) in [7, 11) is 0. The lowest BCUT2D eigenvalue weighted by Crippen LogP contribution is -2.23. The third kappa shape index (κ3) is 3.21. The van der Waals surface area contributed by atoms with Gasteiger partial charge in [0.15, 0.2) is 0 Å². The first-order valence-electron chi connectivity index (χ1n) is 6.50. The fraction of sp³-hybridized carbons (Fsp3) is 0.0625. The quantitative estimate of drug-likeness (QED) is 0.745. The standard InChI is InChI=1S/C16H13N3O2/c20-16(19-21-11-12-4-2-1-3-5-12)13-6-7-14-15(10-13)18-9-8-17-14/h1-10H,11H2,(H,19,20). The van der Waals surface area contributed by atoms with E-state index in [0.717, 1.165) is 11.1 Å². The molecule has 0 unspecified atom stereocenters. The summed E-state index contributed by atoms with van der Waals surface area (Å²) in [6.07, 6.45) is 3.21. The molecule has 0 fully saturated rings. The van der Waals surface area contributed by atoms with Gasteiger partial charge in [0.1, 0.15) is 0 Å². The lowest BCUT2D eigenvalue weighted by molar-refractivity contribution is 0.0233. The van der Waals surface area contributed by atoms with Crippen molar-refractivity contribution >= 4 is 16.9 Å². The molecule has 104 valence electrons. The number of nitrogens with zero attached hydrogens (tertiary/aromatic N) is 2. The lowest BCUT2D eigenvalue weighted by Gasteiger charge is -2.06. The number of aromatic nitrogens is 2. The molecule has 0 saturated heterocycles. The summed E-state index contributed by atoms with van der Waals surface area (Å²) in [6.45, 7) is 0.319. The number of rotatable bonds is 4. The Morgan fingerprint density at radius 1 is 1.00 bits per heavy atom. The summed E-state index contributed by atoms with van der Waals surface area (Å²) in [6, 6.07) is 14.8. The molecule has 1 N–H and O–H groups in total. The molecular weight excluding hydrogens is 266 g/mol. The van der Waals surface area contributed by atoms with Crippen LogP contribution in [0.5, 0.6) is 0 Å². The molecule has 0 saturated carbocycles. The zero-order valence-corrected chi connectivity index (χ0v) is 11.2. The average molecular weight is 279 g/mol. The van der Waals surface area contributed by atoms with Crippen LogP contribution in [-0.2, 0) is 11.4 Å². The Kier molecular flexibility index (Phi) is 3.84. The van der Waals surface area contributed by atoms with Gasteiger partial charge in [-0.3, -0.25) is 19.6 Å². The molecule has 1 heterocycles. The maximum atomic E-state index is 12.0. The van der Waals surface area contributed by atoms with E-state index in [4.69, 9.17) is 4.84 Å². The van der Waals surface area contributed by atoms with E-state index in [1.807, 2.05) is 30.3 Å². The highest BCUT2D eigenvalue weighted by molar-refractivity contribution is 5.96. The lowest BCUT2D eigenvalue weighted by atomic mass is 10.2. The molecule has 0 spiro atoms. The molecule has 1 amide bonds. The van der Waals surface area contributed by atoms with Crippen molar-refractivity contribution in [3.8, 4) is 0 Å². The van der Waals surface area contributed by atoms with Gasteiger partial charge < -0.3 is 0 Å². The Bertz CT molecular complexity index is 760. The monoisotopic (exact) mass is 279 g/mol. The molecule has 2 aromatic carbocycles. The number of nitrogens with one attached hydrogen (secondary N) is 1. The second-order valence-electron chi connectivity index (χ2n) is 4.47. The SMILES string of the molecule is O=C(NOCc1ccccc1)c1ccc2nccnc2c1. The van der Waals surface area contributed by atoms with E-state index in [2.05, 4.69) is 15.4 Å². The molecule has 0 aliphatic heterocycles. The van der Waals surface area contributed by atoms with E-state index >= 15 is 0 Å². The summed E-state index contributed by atoms with van der Waals surface area (Å²) in [5, 5.41) is 0. The summed E-state index contributed by atoms with van der Waals surface area (Å²) in [4.78, 5) is 25.5. The van der Waals surface area contributed by atoms with Crippen LogP contribution in [0.3, 0.4) is 0 Å². The van der Waals surface area contributed by atoms with Gasteiger partial charge >= 0.3 is 0 Å². The number of amides is 1. The molecule has 0 aliphatic rings. The predicted molar refractivity (Wildman–Crippen MR) is 78.2 cm³/mol. The van der Waals surface area contributed by atoms with Crippen LogP contribution in [0.15, 0.2) is 60.9 Å². The zero-order chi connectivity index (χ0) is 14.5. The molecule has 0 bridgehead atoms. The Hall–Kier alpha value is -2.79. The Balaban J connectivity index is 1.64. The average Bonchev–Trinajstić information content (AvgIpc) is 2.55. The Labute approximate surface area is 121 Å². The normalized spacial score (nSPS) is 10.5. The van der Waals surface area contributed by atoms with E-state index in [-0.39, 0.29) is 5.91 Å². The molecular formula is C16H13N3O2. The van der Waals surface area contributed by atoms with Crippen LogP contribution < -0.4 is 5.48 Å². The molecule has 0 radical (unpaired) electrons. The molecule has 5 nitrogen and oxygen atoms in total. The number of hydrogen-bond donors (Lipinski definition) is 1. The smallest absolute Gasteiger partial charge is 0.269 e. The fourth-order valence-electron chi connectivity index (χ4n) is 1.92. The van der Waals surface area contributed by atoms with Gasteiger partial charge in [0.25, 0.3) is 5.91 Å². The first-order valence-corrected chi connectivity index (χ1v) is 6.50. The number of benzene rings is 2. The van der Waals surface area contributed by atoms with Crippen molar-refractivity contribution in [2.45, 2.75) is 6.61 Å². The molecule has 0 aliphatic carbocycles. The van der Waals surface area contributed by atoms with Gasteiger partial charge in [-0.25, -0.2) is 5.48 Å². The molecule has 21 heavy (non-hydrogen) atoms. The Morgan fingerprint density at radius 3 is 2.57 bits per heavy atom. The minimum Gasteiger partial charge on any atom is -0.269 e. The zero-order valence-electron chi connectivity index (χ0n) is 11.2. The van der Waals surface area contributed by atoms with Crippen molar-refractivity contribution in [2.24, 2.45) is 0 Å². The highest BCUT2D eigenvalue weighted by atomic mass is 16.6. The van der Waals surface area contributed by atoms with Crippen molar-refractivity contribution < 1.29 is 9.63 Å². The topological polar surface area (TPSA) is 64.1 Å². The molecule has 3 rings (SSSR count). The second-order valence-corrected chi connectivity index (χ2v) is 4.47. The van der Waals surface area contributed by atoms with Gasteiger partial charge in [-0.05, 0) is 23.8 Å². The minimum atomic E-state index is -0.307. The summed E-state index contributed by atoms with van der Waals surface area (Å²) in [5.41, 5.74) is 5.32. The third-order valence-electron chi connectivity index (χ3n) is 2.98. The number of hydroxylamine groups is 1. The van der Waals surface area contributed by atoms with E-state index in [1.165, 1.54) is 0 Å². The largest absolute Gasteiger partial charge is 0.274 e. The maximum Gasteiger partial charge on any atom is 0.274 e. The summed E-state index contributed by atoms with van der Waals surface area (Å²) >= 11 is 0. The van der Waals surface area contributed by atoms with Gasteiger partial charge in [0, 0.05) is 18.0 Å². The molecule has 5 heteroatoms. The van der Waals surface area contributed by atoms with Gasteiger partial charge in [-0.1, -0.05) is 30.3 Å². The number of hydrogen-bond acceptors (Lipinski definition) is 4. The van der Waals surface area contributed by atoms with Crippen molar-refractivity contribution in [1.82, 2.24) is 15.4 Å². The highest BCUT2D eigenvalue weighted by Crippen LogP contribution is 2.10. The van der Waals surface area contributed by atoms with Crippen LogP contribution in [0.4, 0.5) is 0 Å². The highest BCUT2D eigenvalue weighted by Gasteiger charge is 2.07. The van der Waals surface area contributed by atoms with E-state index in [9.17, 15) is 4.79 Å². The Morgan fingerprint density at radius 2 is 1.76 bits per heavy atom. The van der Waals surface area contributed by atoms with Crippen LogP contribution >= 0.6 is 0 Å². The number of carbonyl (C=O) groups excluding carboxylic acids is 1. The van der Waals surface area contributed by atoms with Crippen LogP contribution in [0.2, 0.25) is 0 Å². The van der Waals surface area contributed by atoms with E-state index in [1.54, 1.807) is 30.6 Å². The van der Waals surface area contributed by atoms with Crippen molar-refractivity contribution in [2.75, 3.05) is 0 Å². The van der Waals surface area contributed by atoms with Crippen LogP contribution in [0.1, 0.15) is 15.9 Å². The molecule has 0 atom stereocenters.